The number of thiocarbonyl (C=S) groups is 1. The smallest absolute Gasteiger partial charge is 0.271 e. The van der Waals surface area contributed by atoms with Crippen molar-refractivity contribution in [2.24, 2.45) is 12.8 Å². The van der Waals surface area contributed by atoms with Crippen LogP contribution >= 0.6 is 12.2 Å². The summed E-state index contributed by atoms with van der Waals surface area (Å²) in [6, 6.07) is 3.02. The molecule has 21 heavy (non-hydrogen) atoms. The van der Waals surface area contributed by atoms with E-state index in [1.807, 2.05) is 0 Å². The monoisotopic (exact) mass is 311 g/mol. The number of primary amides is 1. The van der Waals surface area contributed by atoms with Crippen LogP contribution in [0.5, 0.6) is 0 Å². The van der Waals surface area contributed by atoms with Crippen LogP contribution < -0.4 is 16.4 Å². The number of hydrogen-bond donors (Lipinski definition) is 3. The Labute approximate surface area is 123 Å². The van der Waals surface area contributed by atoms with Crippen LogP contribution in [-0.2, 0) is 7.05 Å². The number of amides is 1. The summed E-state index contributed by atoms with van der Waals surface area (Å²) >= 11 is 4.99. The summed E-state index contributed by atoms with van der Waals surface area (Å²) < 4.78 is 27.7. The van der Waals surface area contributed by atoms with Crippen LogP contribution in [0.15, 0.2) is 24.4 Å². The van der Waals surface area contributed by atoms with Crippen LogP contribution in [-0.4, -0.2) is 20.8 Å². The highest BCUT2D eigenvalue weighted by atomic mass is 32.1. The van der Waals surface area contributed by atoms with E-state index in [0.717, 1.165) is 12.1 Å². The fraction of sp³-hybridized carbons (Fsp3) is 0.0833. The molecular formula is C12H11F2N5OS. The number of nitrogens with two attached hydrogens (primary N) is 1. The van der Waals surface area contributed by atoms with Crippen molar-refractivity contribution in [1.82, 2.24) is 9.78 Å². The summed E-state index contributed by atoms with van der Waals surface area (Å²) in [6.45, 7) is 0. The quantitative estimate of drug-likeness (QED) is 0.750. The van der Waals surface area contributed by atoms with E-state index >= 15 is 0 Å². The molecule has 0 fully saturated rings. The summed E-state index contributed by atoms with van der Waals surface area (Å²) in [7, 11) is 1.60. The van der Waals surface area contributed by atoms with Crippen molar-refractivity contribution in [3.63, 3.8) is 0 Å². The molecule has 0 aliphatic heterocycles. The second-order valence-electron chi connectivity index (χ2n) is 4.13. The van der Waals surface area contributed by atoms with Gasteiger partial charge in [0.1, 0.15) is 11.6 Å². The predicted molar refractivity (Wildman–Crippen MR) is 77.9 cm³/mol. The average Bonchev–Trinajstić information content (AvgIpc) is 2.74. The van der Waals surface area contributed by atoms with Gasteiger partial charge in [-0.1, -0.05) is 0 Å². The van der Waals surface area contributed by atoms with Crippen LogP contribution in [0.2, 0.25) is 0 Å². The van der Waals surface area contributed by atoms with Gasteiger partial charge in [-0.25, -0.2) is 8.78 Å². The number of rotatable bonds is 3. The highest BCUT2D eigenvalue weighted by Crippen LogP contribution is 2.17. The summed E-state index contributed by atoms with van der Waals surface area (Å²) in [5, 5.41) is 9.11. The molecule has 0 radical (unpaired) electrons. The van der Waals surface area contributed by atoms with Crippen molar-refractivity contribution in [3.05, 3.63) is 41.7 Å². The van der Waals surface area contributed by atoms with Crippen molar-refractivity contribution in [2.75, 3.05) is 10.6 Å². The Bertz CT molecular complexity index is 716. The predicted octanol–water partition coefficient (Wildman–Crippen LogP) is 1.61. The zero-order valence-corrected chi connectivity index (χ0v) is 11.7. The zero-order chi connectivity index (χ0) is 15.6. The van der Waals surface area contributed by atoms with E-state index in [9.17, 15) is 13.6 Å². The van der Waals surface area contributed by atoms with Crippen LogP contribution in [0.1, 0.15) is 10.5 Å². The summed E-state index contributed by atoms with van der Waals surface area (Å²) in [4.78, 5) is 11.2. The topological polar surface area (TPSA) is 85.0 Å². The third-order valence-electron chi connectivity index (χ3n) is 2.49. The molecule has 9 heteroatoms. The Kier molecular flexibility index (Phi) is 4.13. The van der Waals surface area contributed by atoms with E-state index in [2.05, 4.69) is 15.7 Å². The van der Waals surface area contributed by atoms with Crippen molar-refractivity contribution in [2.45, 2.75) is 0 Å². The first-order chi connectivity index (χ1) is 9.86. The molecule has 0 atom stereocenters. The minimum absolute atomic E-state index is 0.00114. The van der Waals surface area contributed by atoms with Crippen LogP contribution in [0.3, 0.4) is 0 Å². The Morgan fingerprint density at radius 3 is 2.62 bits per heavy atom. The molecule has 1 amide bonds. The number of carbonyl (C=O) groups is 1. The van der Waals surface area contributed by atoms with Gasteiger partial charge in [0.15, 0.2) is 10.8 Å². The highest BCUT2D eigenvalue weighted by Gasteiger charge is 2.14. The first kappa shape index (κ1) is 14.9. The fourth-order valence-corrected chi connectivity index (χ4v) is 1.85. The van der Waals surface area contributed by atoms with E-state index in [1.165, 1.54) is 16.9 Å². The average molecular weight is 311 g/mol. The van der Waals surface area contributed by atoms with Gasteiger partial charge in [0.25, 0.3) is 5.91 Å². The van der Waals surface area contributed by atoms with Crippen LogP contribution in [0.25, 0.3) is 0 Å². The minimum Gasteiger partial charge on any atom is -0.364 e. The maximum atomic E-state index is 13.5. The van der Waals surface area contributed by atoms with Gasteiger partial charge >= 0.3 is 0 Å². The molecular weight excluding hydrogens is 300 g/mol. The molecule has 0 aliphatic rings. The normalized spacial score (nSPS) is 10.2. The Morgan fingerprint density at radius 2 is 2.00 bits per heavy atom. The van der Waals surface area contributed by atoms with E-state index in [4.69, 9.17) is 18.0 Å². The molecule has 0 saturated carbocycles. The molecule has 110 valence electrons. The number of nitrogens with zero attached hydrogens (tertiary/aromatic N) is 2. The third-order valence-corrected chi connectivity index (χ3v) is 2.69. The SMILES string of the molecule is Cn1cc(NC(=S)Nc2ccc(F)cc2F)c(C(N)=O)n1. The molecule has 1 aromatic carbocycles. The van der Waals surface area contributed by atoms with Crippen molar-refractivity contribution in [3.8, 4) is 0 Å². The van der Waals surface area contributed by atoms with Gasteiger partial charge < -0.3 is 16.4 Å². The molecule has 2 aromatic rings. The summed E-state index contributed by atoms with van der Waals surface area (Å²) in [6.07, 6.45) is 1.50. The number of carbonyl (C=O) groups excluding carboxylic acids is 1. The molecule has 0 bridgehead atoms. The second kappa shape index (κ2) is 5.83. The maximum absolute atomic E-state index is 13.5. The number of halogens is 2. The maximum Gasteiger partial charge on any atom is 0.271 e. The molecule has 0 spiro atoms. The van der Waals surface area contributed by atoms with Gasteiger partial charge in [-0.05, 0) is 24.4 Å². The number of nitrogens with one attached hydrogen (secondary N) is 2. The lowest BCUT2D eigenvalue weighted by Crippen LogP contribution is -2.22. The zero-order valence-electron chi connectivity index (χ0n) is 10.9. The lowest BCUT2D eigenvalue weighted by atomic mass is 10.3. The van der Waals surface area contributed by atoms with Gasteiger partial charge in [-0.3, -0.25) is 9.48 Å². The molecule has 0 saturated heterocycles. The number of anilines is 2. The van der Waals surface area contributed by atoms with E-state index in [1.54, 1.807) is 7.05 Å². The summed E-state index contributed by atoms with van der Waals surface area (Å²) in [5.41, 5.74) is 5.46. The Hall–Kier alpha value is -2.55. The Balaban J connectivity index is 2.13. The van der Waals surface area contributed by atoms with Crippen molar-refractivity contribution in [1.29, 1.82) is 0 Å². The van der Waals surface area contributed by atoms with Crippen molar-refractivity contribution < 1.29 is 13.6 Å². The standard InChI is InChI=1S/C12H11F2N5OS/c1-19-5-9(10(18-19)11(15)20)17-12(21)16-8-3-2-6(13)4-7(8)14/h2-5H,1H3,(H2,15,20)(H2,16,17,21). The van der Waals surface area contributed by atoms with Gasteiger partial charge in [0.05, 0.1) is 11.4 Å². The second-order valence-corrected chi connectivity index (χ2v) is 4.54. The van der Waals surface area contributed by atoms with E-state index in [0.29, 0.717) is 0 Å². The number of aromatic nitrogens is 2. The minimum atomic E-state index is -0.791. The molecule has 1 heterocycles. The number of aryl methyl sites for hydroxylation is 1. The number of hydrogen-bond acceptors (Lipinski definition) is 3. The lowest BCUT2D eigenvalue weighted by molar-refractivity contribution is 0.0995. The summed E-state index contributed by atoms with van der Waals surface area (Å²) in [5.74, 6) is -2.21. The highest BCUT2D eigenvalue weighted by molar-refractivity contribution is 7.80. The van der Waals surface area contributed by atoms with E-state index in [-0.39, 0.29) is 22.2 Å². The Morgan fingerprint density at radius 1 is 1.33 bits per heavy atom. The van der Waals surface area contributed by atoms with Gasteiger partial charge in [-0.2, -0.15) is 5.10 Å². The molecule has 0 aliphatic carbocycles. The third kappa shape index (κ3) is 3.51. The first-order valence-electron chi connectivity index (χ1n) is 5.73. The van der Waals surface area contributed by atoms with Gasteiger partial charge in [0.2, 0.25) is 0 Å². The number of benzene rings is 1. The molecule has 0 unspecified atom stereocenters. The van der Waals surface area contributed by atoms with E-state index < -0.39 is 17.5 Å². The molecule has 6 nitrogen and oxygen atoms in total. The molecule has 4 N–H and O–H groups in total. The lowest BCUT2D eigenvalue weighted by Gasteiger charge is -2.10. The van der Waals surface area contributed by atoms with Crippen molar-refractivity contribution >= 4 is 34.6 Å². The van der Waals surface area contributed by atoms with Crippen LogP contribution in [0, 0.1) is 11.6 Å². The fourth-order valence-electron chi connectivity index (χ4n) is 1.63. The molecule has 2 rings (SSSR count). The van der Waals surface area contributed by atoms with Gasteiger partial charge in [-0.15, -0.1) is 0 Å². The first-order valence-corrected chi connectivity index (χ1v) is 6.14. The molecule has 1 aromatic heterocycles. The largest absolute Gasteiger partial charge is 0.364 e. The van der Waals surface area contributed by atoms with Crippen LogP contribution in [0.4, 0.5) is 20.2 Å². The van der Waals surface area contributed by atoms with Gasteiger partial charge in [0, 0.05) is 19.3 Å².